The highest BCUT2D eigenvalue weighted by Gasteiger charge is 2.34. The maximum Gasteiger partial charge on any atom is 0.330 e. The first kappa shape index (κ1) is 16.4. The van der Waals surface area contributed by atoms with Crippen molar-refractivity contribution in [3.63, 3.8) is 0 Å². The molecule has 0 spiro atoms. The second-order valence-corrected chi connectivity index (χ2v) is 7.66. The van der Waals surface area contributed by atoms with E-state index in [1.807, 2.05) is 56.9 Å². The molecule has 0 bridgehead atoms. The van der Waals surface area contributed by atoms with Gasteiger partial charge in [-0.2, -0.15) is 12.6 Å². The molecule has 1 aliphatic heterocycles. The summed E-state index contributed by atoms with van der Waals surface area (Å²) in [5.41, 5.74) is 1.57. The van der Waals surface area contributed by atoms with Gasteiger partial charge in [-0.1, -0.05) is 17.6 Å². The van der Waals surface area contributed by atoms with Gasteiger partial charge in [0.2, 0.25) is 5.91 Å². The first-order valence-corrected chi connectivity index (χ1v) is 7.79. The number of nitrogens with zero attached hydrogens (tertiary/aromatic N) is 1. The Hall–Kier alpha value is -0.935. The van der Waals surface area contributed by atoms with Crippen LogP contribution in [0.15, 0.2) is 24.3 Å². The summed E-state index contributed by atoms with van der Waals surface area (Å²) in [5, 5.41) is 0. The lowest BCUT2D eigenvalue weighted by molar-refractivity contribution is -0.117. The molecule has 0 unspecified atom stereocenters. The van der Waals surface area contributed by atoms with Crippen LogP contribution >= 0.6 is 12.6 Å². The summed E-state index contributed by atoms with van der Waals surface area (Å²) >= 11 is 4.58. The molecular weight excluding hydrogens is 281 g/mol. The minimum Gasteiger partial charge on any atom is -0.428 e. The van der Waals surface area contributed by atoms with Crippen molar-refractivity contribution < 1.29 is 9.45 Å². The van der Waals surface area contributed by atoms with Gasteiger partial charge in [0, 0.05) is 23.4 Å². The highest BCUT2D eigenvalue weighted by molar-refractivity contribution is 7.81. The summed E-state index contributed by atoms with van der Waals surface area (Å²) in [4.78, 5) is 13.6. The number of carbonyl (C=O) groups is 1. The largest absolute Gasteiger partial charge is 0.428 e. The van der Waals surface area contributed by atoms with Crippen LogP contribution < -0.4 is 10.4 Å². The first-order valence-electron chi connectivity index (χ1n) is 7.34. The fourth-order valence-corrected chi connectivity index (χ4v) is 2.07. The van der Waals surface area contributed by atoms with E-state index < -0.39 is 0 Å². The van der Waals surface area contributed by atoms with E-state index in [0.717, 1.165) is 24.1 Å². The number of amides is 1. The van der Waals surface area contributed by atoms with Crippen molar-refractivity contribution in [1.82, 2.24) is 0 Å². The molecule has 1 aromatic carbocycles. The van der Waals surface area contributed by atoms with Crippen molar-refractivity contribution in [2.24, 2.45) is 0 Å². The van der Waals surface area contributed by atoms with Crippen LogP contribution in [0.2, 0.25) is 0 Å². The highest BCUT2D eigenvalue weighted by atomic mass is 32.1. The van der Waals surface area contributed by atoms with Gasteiger partial charge in [-0.25, -0.2) is 0 Å². The van der Waals surface area contributed by atoms with E-state index in [2.05, 4.69) is 12.6 Å². The second kappa shape index (κ2) is 6.05. The van der Waals surface area contributed by atoms with Crippen molar-refractivity contribution in [2.75, 3.05) is 11.4 Å². The van der Waals surface area contributed by atoms with E-state index in [4.69, 9.17) is 4.65 Å². The molecule has 2 rings (SSSR count). The van der Waals surface area contributed by atoms with Crippen molar-refractivity contribution >= 4 is 37.2 Å². The van der Waals surface area contributed by atoms with Gasteiger partial charge in [0.15, 0.2) is 0 Å². The molecule has 21 heavy (non-hydrogen) atoms. The van der Waals surface area contributed by atoms with E-state index in [1.165, 1.54) is 0 Å². The van der Waals surface area contributed by atoms with Crippen LogP contribution in [-0.2, 0) is 9.45 Å². The fraction of sp³-hybridized carbons (Fsp3) is 0.562. The summed E-state index contributed by atoms with van der Waals surface area (Å²) < 4.78 is 5.64. The molecule has 1 fully saturated rings. The number of anilines is 1. The minimum absolute atomic E-state index is 0.209. The number of thiol groups is 1. The SMILES string of the molecule is CC(C)(S)C(C)(C)O[B]c1ccc(N2CCCC2=O)cc1. The van der Waals surface area contributed by atoms with Crippen LogP contribution in [0.5, 0.6) is 0 Å². The van der Waals surface area contributed by atoms with Gasteiger partial charge in [0.1, 0.15) is 0 Å². The fourth-order valence-electron chi connectivity index (χ4n) is 2.01. The monoisotopic (exact) mass is 304 g/mol. The predicted octanol–water partition coefficient (Wildman–Crippen LogP) is 2.56. The Morgan fingerprint density at radius 1 is 1.19 bits per heavy atom. The summed E-state index contributed by atoms with van der Waals surface area (Å²) in [6, 6.07) is 7.89. The van der Waals surface area contributed by atoms with Crippen molar-refractivity contribution in [3.8, 4) is 0 Å². The standard InChI is InChI=1S/C16H23BNO2S/c1-15(2,16(3,4)21)20-17-12-7-9-13(10-8-12)18-11-5-6-14(18)19/h7-10,21H,5-6,11H2,1-4H3. The van der Waals surface area contributed by atoms with Crippen LogP contribution in [0.1, 0.15) is 40.5 Å². The highest BCUT2D eigenvalue weighted by Crippen LogP contribution is 2.30. The van der Waals surface area contributed by atoms with E-state index in [1.54, 1.807) is 7.48 Å². The Kier molecular flexibility index (Phi) is 4.74. The van der Waals surface area contributed by atoms with Gasteiger partial charge < -0.3 is 9.55 Å². The molecule has 1 saturated heterocycles. The summed E-state index contributed by atoms with van der Waals surface area (Å²) in [6.07, 6.45) is 1.60. The van der Waals surface area contributed by atoms with Gasteiger partial charge in [-0.3, -0.25) is 4.79 Å². The Morgan fingerprint density at radius 3 is 2.29 bits per heavy atom. The normalized spacial score (nSPS) is 16.4. The van der Waals surface area contributed by atoms with Crippen molar-refractivity contribution in [3.05, 3.63) is 24.3 Å². The third-order valence-corrected chi connectivity index (χ3v) is 4.78. The number of carbonyl (C=O) groups excluding carboxylic acids is 1. The number of hydrogen-bond acceptors (Lipinski definition) is 3. The average Bonchev–Trinajstić information content (AvgIpc) is 2.82. The Morgan fingerprint density at radius 2 is 1.81 bits per heavy atom. The molecule has 113 valence electrons. The molecule has 1 heterocycles. The van der Waals surface area contributed by atoms with Crippen LogP contribution in [0.3, 0.4) is 0 Å². The molecule has 5 heteroatoms. The Labute approximate surface area is 133 Å². The van der Waals surface area contributed by atoms with Crippen LogP contribution in [0.4, 0.5) is 5.69 Å². The lowest BCUT2D eigenvalue weighted by atomic mass is 9.84. The maximum atomic E-state index is 11.7. The topological polar surface area (TPSA) is 29.5 Å². The second-order valence-electron chi connectivity index (χ2n) is 6.55. The zero-order valence-electron chi connectivity index (χ0n) is 13.2. The Balaban J connectivity index is 1.99. The maximum absolute atomic E-state index is 11.7. The van der Waals surface area contributed by atoms with E-state index in [0.29, 0.717) is 6.42 Å². The quantitative estimate of drug-likeness (QED) is 0.669. The molecular formula is C16H23BNO2S. The third kappa shape index (κ3) is 3.83. The summed E-state index contributed by atoms with van der Waals surface area (Å²) in [5.74, 6) is 0.209. The van der Waals surface area contributed by atoms with E-state index in [-0.39, 0.29) is 16.3 Å². The summed E-state index contributed by atoms with van der Waals surface area (Å²) in [7, 11) is 1.76. The van der Waals surface area contributed by atoms with Crippen LogP contribution in [0.25, 0.3) is 0 Å². The lowest BCUT2D eigenvalue weighted by Crippen LogP contribution is -2.45. The van der Waals surface area contributed by atoms with Crippen molar-refractivity contribution in [2.45, 2.75) is 50.9 Å². The lowest BCUT2D eigenvalue weighted by Gasteiger charge is -2.38. The Bertz CT molecular complexity index is 508. The first-order chi connectivity index (χ1) is 9.71. The molecule has 1 amide bonds. The number of rotatable bonds is 5. The van der Waals surface area contributed by atoms with Gasteiger partial charge in [0.05, 0.1) is 5.60 Å². The number of hydrogen-bond donors (Lipinski definition) is 1. The number of benzene rings is 1. The van der Waals surface area contributed by atoms with Gasteiger partial charge >= 0.3 is 7.48 Å². The van der Waals surface area contributed by atoms with E-state index >= 15 is 0 Å². The zero-order chi connectivity index (χ0) is 15.7. The van der Waals surface area contributed by atoms with Crippen LogP contribution in [-0.4, -0.2) is 30.3 Å². The molecule has 0 aliphatic carbocycles. The minimum atomic E-state index is -0.375. The average molecular weight is 304 g/mol. The van der Waals surface area contributed by atoms with Gasteiger partial charge in [-0.05, 0) is 46.2 Å². The van der Waals surface area contributed by atoms with E-state index in [9.17, 15) is 4.79 Å². The van der Waals surface area contributed by atoms with Gasteiger partial charge in [0.25, 0.3) is 0 Å². The molecule has 1 aliphatic rings. The zero-order valence-corrected chi connectivity index (χ0v) is 14.1. The molecule has 1 radical (unpaired) electrons. The van der Waals surface area contributed by atoms with Crippen LogP contribution in [0, 0.1) is 0 Å². The molecule has 0 aromatic heterocycles. The third-order valence-electron chi connectivity index (χ3n) is 4.24. The molecule has 1 aromatic rings. The molecule has 0 saturated carbocycles. The smallest absolute Gasteiger partial charge is 0.330 e. The summed E-state index contributed by atoms with van der Waals surface area (Å²) in [6.45, 7) is 8.93. The van der Waals surface area contributed by atoms with Gasteiger partial charge in [-0.15, -0.1) is 0 Å². The predicted molar refractivity (Wildman–Crippen MR) is 91.6 cm³/mol. The molecule has 0 atom stereocenters. The molecule has 0 N–H and O–H groups in total. The van der Waals surface area contributed by atoms with Crippen molar-refractivity contribution in [1.29, 1.82) is 0 Å². The molecule has 3 nitrogen and oxygen atoms in total.